The van der Waals surface area contributed by atoms with E-state index in [1.807, 2.05) is 12.1 Å². The molecule has 4 nitrogen and oxygen atoms in total. The first kappa shape index (κ1) is 15.6. The van der Waals surface area contributed by atoms with Crippen LogP contribution in [0.4, 0.5) is 5.69 Å². The van der Waals surface area contributed by atoms with Crippen molar-refractivity contribution in [1.29, 1.82) is 0 Å². The van der Waals surface area contributed by atoms with E-state index in [1.54, 1.807) is 6.07 Å². The van der Waals surface area contributed by atoms with Crippen molar-refractivity contribution >= 4 is 5.69 Å². The molecule has 22 heavy (non-hydrogen) atoms. The molecule has 0 aliphatic carbocycles. The molecular weight excluding hydrogens is 274 g/mol. The summed E-state index contributed by atoms with van der Waals surface area (Å²) < 4.78 is 0. The van der Waals surface area contributed by atoms with E-state index in [4.69, 9.17) is 0 Å². The monoisotopic (exact) mass is 303 g/mol. The highest BCUT2D eigenvalue weighted by molar-refractivity contribution is 5.50. The third-order valence-electron chi connectivity index (χ3n) is 5.12. The van der Waals surface area contributed by atoms with Crippen LogP contribution in [0, 0.1) is 0 Å². The number of phenolic OH excluding ortho intramolecular Hbond substituents is 1. The lowest BCUT2D eigenvalue weighted by atomic mass is 10.0. The first-order valence-corrected chi connectivity index (χ1v) is 8.76. The molecule has 3 rings (SSSR count). The number of anilines is 1. The molecule has 0 amide bonds. The van der Waals surface area contributed by atoms with Gasteiger partial charge in [-0.2, -0.15) is 0 Å². The third-order valence-corrected chi connectivity index (χ3v) is 5.12. The van der Waals surface area contributed by atoms with Crippen LogP contribution in [0.15, 0.2) is 24.3 Å². The van der Waals surface area contributed by atoms with E-state index in [1.165, 1.54) is 38.9 Å². The smallest absolute Gasteiger partial charge is 0.117 e. The van der Waals surface area contributed by atoms with E-state index in [-0.39, 0.29) is 0 Å². The topological polar surface area (TPSA) is 30.0 Å². The molecule has 1 aromatic rings. The van der Waals surface area contributed by atoms with Crippen LogP contribution in [0.5, 0.6) is 5.75 Å². The van der Waals surface area contributed by atoms with Gasteiger partial charge in [0.2, 0.25) is 0 Å². The molecule has 0 spiro atoms. The van der Waals surface area contributed by atoms with Gasteiger partial charge >= 0.3 is 0 Å². The van der Waals surface area contributed by atoms with Gasteiger partial charge in [0.1, 0.15) is 5.75 Å². The lowest BCUT2D eigenvalue weighted by molar-refractivity contribution is 0.103. The van der Waals surface area contributed by atoms with E-state index < -0.39 is 0 Å². The second-order valence-electron chi connectivity index (χ2n) is 6.62. The van der Waals surface area contributed by atoms with Gasteiger partial charge in [-0.1, -0.05) is 13.0 Å². The third kappa shape index (κ3) is 3.73. The summed E-state index contributed by atoms with van der Waals surface area (Å²) >= 11 is 0. The molecule has 0 unspecified atom stereocenters. The summed E-state index contributed by atoms with van der Waals surface area (Å²) in [5.41, 5.74) is 1.15. The van der Waals surface area contributed by atoms with Gasteiger partial charge in [0, 0.05) is 44.0 Å². The summed E-state index contributed by atoms with van der Waals surface area (Å²) in [5.74, 6) is 0.364. The molecular formula is C18H29N3O. The Hall–Kier alpha value is -1.26. The Labute approximate surface area is 134 Å². The molecule has 0 bridgehead atoms. The Morgan fingerprint density at radius 1 is 1.05 bits per heavy atom. The van der Waals surface area contributed by atoms with Crippen LogP contribution >= 0.6 is 0 Å². The minimum absolute atomic E-state index is 0.364. The van der Waals surface area contributed by atoms with Crippen LogP contribution in [0.25, 0.3) is 0 Å². The molecule has 0 atom stereocenters. The maximum absolute atomic E-state index is 9.63. The maximum atomic E-state index is 9.63. The summed E-state index contributed by atoms with van der Waals surface area (Å²) in [6, 6.07) is 8.42. The van der Waals surface area contributed by atoms with Gasteiger partial charge in [0.25, 0.3) is 0 Å². The predicted octanol–water partition coefficient (Wildman–Crippen LogP) is 2.39. The number of nitrogens with zero attached hydrogens (tertiary/aromatic N) is 3. The number of benzene rings is 1. The zero-order valence-corrected chi connectivity index (χ0v) is 13.7. The molecule has 0 saturated carbocycles. The van der Waals surface area contributed by atoms with Crippen molar-refractivity contribution in [2.45, 2.75) is 32.2 Å². The molecule has 0 aromatic heterocycles. The fraction of sp³-hybridized carbons (Fsp3) is 0.667. The second kappa shape index (κ2) is 7.34. The molecule has 4 heteroatoms. The van der Waals surface area contributed by atoms with Crippen molar-refractivity contribution in [3.8, 4) is 5.75 Å². The van der Waals surface area contributed by atoms with E-state index in [9.17, 15) is 5.11 Å². The van der Waals surface area contributed by atoms with Crippen LogP contribution in [0.3, 0.4) is 0 Å². The SMILES string of the molecule is CCCN1CCC(N2CCN(c3cccc(O)c3)CC2)CC1. The summed E-state index contributed by atoms with van der Waals surface area (Å²) in [7, 11) is 0. The quantitative estimate of drug-likeness (QED) is 0.925. The number of likely N-dealkylation sites (tertiary alicyclic amines) is 1. The zero-order valence-electron chi connectivity index (χ0n) is 13.7. The highest BCUT2D eigenvalue weighted by atomic mass is 16.3. The highest BCUT2D eigenvalue weighted by Crippen LogP contribution is 2.23. The van der Waals surface area contributed by atoms with Crippen LogP contribution in [0.2, 0.25) is 0 Å². The summed E-state index contributed by atoms with van der Waals surface area (Å²) in [5, 5.41) is 9.63. The number of hydrogen-bond acceptors (Lipinski definition) is 4. The molecule has 1 N–H and O–H groups in total. The highest BCUT2D eigenvalue weighted by Gasteiger charge is 2.27. The normalized spacial score (nSPS) is 22.1. The fourth-order valence-corrected chi connectivity index (χ4v) is 3.86. The lowest BCUT2D eigenvalue weighted by Gasteiger charge is -2.43. The van der Waals surface area contributed by atoms with Crippen molar-refractivity contribution in [2.24, 2.45) is 0 Å². The molecule has 2 heterocycles. The van der Waals surface area contributed by atoms with Gasteiger partial charge in [-0.3, -0.25) is 4.90 Å². The van der Waals surface area contributed by atoms with Gasteiger partial charge in [0.15, 0.2) is 0 Å². The van der Waals surface area contributed by atoms with Crippen molar-refractivity contribution in [3.05, 3.63) is 24.3 Å². The minimum atomic E-state index is 0.364. The van der Waals surface area contributed by atoms with Gasteiger partial charge < -0.3 is 14.9 Å². The molecule has 2 aliphatic heterocycles. The molecule has 0 radical (unpaired) electrons. The standard InChI is InChI=1S/C18H29N3O/c1-2-8-19-9-6-16(7-10-19)20-11-13-21(14-12-20)17-4-3-5-18(22)15-17/h3-5,15-16,22H,2,6-14H2,1H3. The lowest BCUT2D eigenvalue weighted by Crippen LogP contribution is -2.53. The van der Waals surface area contributed by atoms with Crippen LogP contribution in [-0.2, 0) is 0 Å². The number of rotatable bonds is 4. The van der Waals surface area contributed by atoms with Crippen LogP contribution < -0.4 is 4.90 Å². The number of piperazine rings is 1. The van der Waals surface area contributed by atoms with Crippen molar-refractivity contribution in [2.75, 3.05) is 50.7 Å². The van der Waals surface area contributed by atoms with E-state index in [0.29, 0.717) is 5.75 Å². The van der Waals surface area contributed by atoms with E-state index in [0.717, 1.165) is 37.9 Å². The summed E-state index contributed by atoms with van der Waals surface area (Å²) in [6.07, 6.45) is 3.92. The summed E-state index contributed by atoms with van der Waals surface area (Å²) in [4.78, 5) is 7.69. The molecule has 122 valence electrons. The van der Waals surface area contributed by atoms with Gasteiger partial charge in [-0.15, -0.1) is 0 Å². The van der Waals surface area contributed by atoms with E-state index in [2.05, 4.69) is 27.7 Å². The average molecular weight is 303 g/mol. The van der Waals surface area contributed by atoms with Crippen molar-refractivity contribution < 1.29 is 5.11 Å². The second-order valence-corrected chi connectivity index (χ2v) is 6.62. The Morgan fingerprint density at radius 2 is 1.77 bits per heavy atom. The number of aromatic hydroxyl groups is 1. The number of phenols is 1. The van der Waals surface area contributed by atoms with Gasteiger partial charge in [-0.25, -0.2) is 0 Å². The Kier molecular flexibility index (Phi) is 5.21. The first-order valence-electron chi connectivity index (χ1n) is 8.76. The van der Waals surface area contributed by atoms with Crippen molar-refractivity contribution in [1.82, 2.24) is 9.80 Å². The Bertz CT molecular complexity index is 463. The van der Waals surface area contributed by atoms with Gasteiger partial charge in [0.05, 0.1) is 0 Å². The average Bonchev–Trinajstić information content (AvgIpc) is 2.56. The largest absolute Gasteiger partial charge is 0.508 e. The van der Waals surface area contributed by atoms with Crippen LogP contribution in [-0.4, -0.2) is 66.8 Å². The Balaban J connectivity index is 1.48. The number of piperidine rings is 1. The molecule has 2 saturated heterocycles. The summed E-state index contributed by atoms with van der Waals surface area (Å²) in [6.45, 7) is 10.5. The molecule has 1 aromatic carbocycles. The maximum Gasteiger partial charge on any atom is 0.117 e. The molecule has 2 fully saturated rings. The van der Waals surface area contributed by atoms with E-state index >= 15 is 0 Å². The predicted molar refractivity (Wildman–Crippen MR) is 91.6 cm³/mol. The zero-order chi connectivity index (χ0) is 15.4. The first-order chi connectivity index (χ1) is 10.8. The number of hydrogen-bond donors (Lipinski definition) is 1. The fourth-order valence-electron chi connectivity index (χ4n) is 3.86. The molecule has 2 aliphatic rings. The van der Waals surface area contributed by atoms with Gasteiger partial charge in [-0.05, 0) is 51.0 Å². The Morgan fingerprint density at radius 3 is 2.41 bits per heavy atom. The minimum Gasteiger partial charge on any atom is -0.508 e. The van der Waals surface area contributed by atoms with Crippen molar-refractivity contribution in [3.63, 3.8) is 0 Å². The van der Waals surface area contributed by atoms with Crippen LogP contribution in [0.1, 0.15) is 26.2 Å².